The molecule has 1 heterocycles. The van der Waals surface area contributed by atoms with Crippen LogP contribution < -0.4 is 9.47 Å². The normalized spacial score (nSPS) is 19.2. The van der Waals surface area contributed by atoms with Gasteiger partial charge in [-0.15, -0.1) is 0 Å². The van der Waals surface area contributed by atoms with Crippen molar-refractivity contribution in [3.8, 4) is 11.5 Å². The summed E-state index contributed by atoms with van der Waals surface area (Å²) in [6.07, 6.45) is 5.64. The number of ether oxygens (including phenoxy) is 2. The predicted octanol–water partition coefficient (Wildman–Crippen LogP) is 3.28. The molecule has 0 unspecified atom stereocenters. The molecule has 0 N–H and O–H groups in total. The minimum Gasteiger partial charge on any atom is -0.493 e. The van der Waals surface area contributed by atoms with Crippen LogP contribution in [0.4, 0.5) is 0 Å². The molecular formula is C22H34N2O5S. The second-order valence-corrected chi connectivity index (χ2v) is 10.4. The minimum atomic E-state index is -3.65. The molecule has 8 heteroatoms. The van der Waals surface area contributed by atoms with Crippen LogP contribution in [-0.4, -0.2) is 62.9 Å². The van der Waals surface area contributed by atoms with Crippen LogP contribution in [0.2, 0.25) is 0 Å². The molecule has 30 heavy (non-hydrogen) atoms. The highest BCUT2D eigenvalue weighted by molar-refractivity contribution is 7.89. The molecule has 0 bridgehead atoms. The second kappa shape index (κ2) is 9.56. The van der Waals surface area contributed by atoms with Crippen LogP contribution in [0.5, 0.6) is 11.5 Å². The third kappa shape index (κ3) is 4.59. The van der Waals surface area contributed by atoms with E-state index in [0.717, 1.165) is 12.8 Å². The molecule has 1 aliphatic heterocycles. The number of hydrogen-bond acceptors (Lipinski definition) is 5. The fourth-order valence-electron chi connectivity index (χ4n) is 4.72. The maximum absolute atomic E-state index is 13.2. The summed E-state index contributed by atoms with van der Waals surface area (Å²) in [6.45, 7) is 4.85. The van der Waals surface area contributed by atoms with Crippen LogP contribution in [0.25, 0.3) is 0 Å². The standard InChI is InChI=1S/C22H34N2O5S/c1-16(2)24(18-7-5-6-8-18)22(25)17-11-13-23(14-12-17)30(26,27)19-9-10-20(28-3)21(15-19)29-4/h9-10,15-18H,5-8,11-14H2,1-4H3. The van der Waals surface area contributed by atoms with E-state index in [2.05, 4.69) is 18.7 Å². The number of piperidine rings is 1. The Morgan fingerprint density at radius 1 is 1.03 bits per heavy atom. The van der Waals surface area contributed by atoms with Gasteiger partial charge in [-0.1, -0.05) is 12.8 Å². The van der Waals surface area contributed by atoms with E-state index in [1.807, 2.05) is 0 Å². The third-order valence-electron chi connectivity index (χ3n) is 6.32. The summed E-state index contributed by atoms with van der Waals surface area (Å²) in [5.41, 5.74) is 0. The molecule has 0 radical (unpaired) electrons. The predicted molar refractivity (Wildman–Crippen MR) is 115 cm³/mol. The van der Waals surface area contributed by atoms with Crippen molar-refractivity contribution in [1.82, 2.24) is 9.21 Å². The van der Waals surface area contributed by atoms with Crippen LogP contribution >= 0.6 is 0 Å². The summed E-state index contributed by atoms with van der Waals surface area (Å²) in [4.78, 5) is 15.5. The minimum absolute atomic E-state index is 0.107. The largest absolute Gasteiger partial charge is 0.493 e. The van der Waals surface area contributed by atoms with Gasteiger partial charge in [-0.3, -0.25) is 4.79 Å². The zero-order valence-electron chi connectivity index (χ0n) is 18.5. The first-order valence-electron chi connectivity index (χ1n) is 10.8. The van der Waals surface area contributed by atoms with Crippen molar-refractivity contribution in [1.29, 1.82) is 0 Å². The molecule has 1 aliphatic carbocycles. The summed E-state index contributed by atoms with van der Waals surface area (Å²) >= 11 is 0. The quantitative estimate of drug-likeness (QED) is 0.653. The monoisotopic (exact) mass is 438 g/mol. The van der Waals surface area contributed by atoms with Crippen LogP contribution in [0.3, 0.4) is 0 Å². The fraction of sp³-hybridized carbons (Fsp3) is 0.682. The van der Waals surface area contributed by atoms with Gasteiger partial charge in [0.2, 0.25) is 15.9 Å². The Bertz CT molecular complexity index is 841. The zero-order valence-corrected chi connectivity index (χ0v) is 19.3. The Kier molecular flexibility index (Phi) is 7.29. The lowest BCUT2D eigenvalue weighted by Crippen LogP contribution is -2.49. The van der Waals surface area contributed by atoms with Crippen LogP contribution in [0.15, 0.2) is 23.1 Å². The first-order chi connectivity index (χ1) is 14.3. The van der Waals surface area contributed by atoms with E-state index >= 15 is 0 Å². The number of methoxy groups -OCH3 is 2. The Labute approximate surface area is 180 Å². The number of benzene rings is 1. The first-order valence-corrected chi connectivity index (χ1v) is 12.3. The van der Waals surface area contributed by atoms with Gasteiger partial charge in [0, 0.05) is 37.2 Å². The van der Waals surface area contributed by atoms with Crippen LogP contribution in [0.1, 0.15) is 52.4 Å². The summed E-state index contributed by atoms with van der Waals surface area (Å²) in [5, 5.41) is 0. The molecule has 2 fully saturated rings. The Balaban J connectivity index is 1.69. The van der Waals surface area contributed by atoms with E-state index in [0.29, 0.717) is 43.5 Å². The zero-order chi connectivity index (χ0) is 21.9. The van der Waals surface area contributed by atoms with Gasteiger partial charge in [-0.2, -0.15) is 4.31 Å². The van der Waals surface area contributed by atoms with Crippen molar-refractivity contribution >= 4 is 15.9 Å². The molecule has 1 saturated heterocycles. The van der Waals surface area contributed by atoms with E-state index < -0.39 is 10.0 Å². The van der Waals surface area contributed by atoms with Gasteiger partial charge in [0.15, 0.2) is 11.5 Å². The van der Waals surface area contributed by atoms with E-state index in [-0.39, 0.29) is 22.8 Å². The number of rotatable bonds is 7. The molecule has 0 aromatic heterocycles. The maximum atomic E-state index is 13.2. The van der Waals surface area contributed by atoms with E-state index in [1.165, 1.54) is 43.5 Å². The average Bonchev–Trinajstić information content (AvgIpc) is 3.27. The molecule has 0 spiro atoms. The molecule has 1 aromatic rings. The molecular weight excluding hydrogens is 404 g/mol. The average molecular weight is 439 g/mol. The first kappa shape index (κ1) is 22.9. The molecule has 2 aliphatic rings. The van der Waals surface area contributed by atoms with E-state index in [4.69, 9.17) is 9.47 Å². The summed E-state index contributed by atoms with van der Waals surface area (Å²) in [7, 11) is -0.652. The maximum Gasteiger partial charge on any atom is 0.243 e. The third-order valence-corrected chi connectivity index (χ3v) is 8.22. The van der Waals surface area contributed by atoms with Crippen molar-refractivity contribution in [3.63, 3.8) is 0 Å². The van der Waals surface area contributed by atoms with Crippen LogP contribution in [-0.2, 0) is 14.8 Å². The molecule has 0 atom stereocenters. The highest BCUT2D eigenvalue weighted by Gasteiger charge is 2.37. The van der Waals surface area contributed by atoms with Gasteiger partial charge in [-0.25, -0.2) is 8.42 Å². The lowest BCUT2D eigenvalue weighted by molar-refractivity contribution is -0.141. The number of carbonyl (C=O) groups excluding carboxylic acids is 1. The Hall–Kier alpha value is -1.80. The van der Waals surface area contributed by atoms with Crippen molar-refractivity contribution in [2.75, 3.05) is 27.3 Å². The fourth-order valence-corrected chi connectivity index (χ4v) is 6.20. The smallest absolute Gasteiger partial charge is 0.243 e. The van der Waals surface area contributed by atoms with Gasteiger partial charge in [0.05, 0.1) is 19.1 Å². The Morgan fingerprint density at radius 3 is 2.17 bits per heavy atom. The highest BCUT2D eigenvalue weighted by Crippen LogP contribution is 2.33. The molecule has 1 saturated carbocycles. The lowest BCUT2D eigenvalue weighted by atomic mass is 9.95. The number of hydrogen-bond donors (Lipinski definition) is 0. The van der Waals surface area contributed by atoms with Crippen molar-refractivity contribution < 1.29 is 22.7 Å². The SMILES string of the molecule is COc1ccc(S(=O)(=O)N2CCC(C(=O)N(C(C)C)C3CCCC3)CC2)cc1OC. The van der Waals surface area contributed by atoms with Gasteiger partial charge in [-0.05, 0) is 51.7 Å². The summed E-state index contributed by atoms with van der Waals surface area (Å²) in [5.74, 6) is 0.958. The summed E-state index contributed by atoms with van der Waals surface area (Å²) < 4.78 is 38.2. The molecule has 1 aromatic carbocycles. The number of sulfonamides is 1. The van der Waals surface area contributed by atoms with Gasteiger partial charge in [0.25, 0.3) is 0 Å². The topological polar surface area (TPSA) is 76.2 Å². The van der Waals surface area contributed by atoms with Crippen LogP contribution in [0, 0.1) is 5.92 Å². The second-order valence-electron chi connectivity index (χ2n) is 8.47. The van der Waals surface area contributed by atoms with Crippen molar-refractivity contribution in [2.45, 2.75) is 69.4 Å². The van der Waals surface area contributed by atoms with Gasteiger partial charge >= 0.3 is 0 Å². The molecule has 3 rings (SSSR count). The number of amides is 1. The van der Waals surface area contributed by atoms with Crippen molar-refractivity contribution in [2.24, 2.45) is 5.92 Å². The van der Waals surface area contributed by atoms with Gasteiger partial charge in [0.1, 0.15) is 0 Å². The highest BCUT2D eigenvalue weighted by atomic mass is 32.2. The lowest BCUT2D eigenvalue weighted by Gasteiger charge is -2.38. The van der Waals surface area contributed by atoms with E-state index in [9.17, 15) is 13.2 Å². The Morgan fingerprint density at radius 2 is 1.63 bits per heavy atom. The molecule has 1 amide bonds. The molecule has 168 valence electrons. The van der Waals surface area contributed by atoms with Gasteiger partial charge < -0.3 is 14.4 Å². The van der Waals surface area contributed by atoms with Crippen molar-refractivity contribution in [3.05, 3.63) is 18.2 Å². The number of nitrogens with zero attached hydrogens (tertiary/aromatic N) is 2. The summed E-state index contributed by atoms with van der Waals surface area (Å²) in [6, 6.07) is 5.14. The van der Waals surface area contributed by atoms with E-state index in [1.54, 1.807) is 6.07 Å². The molecule has 7 nitrogen and oxygen atoms in total. The number of carbonyl (C=O) groups is 1.